The van der Waals surface area contributed by atoms with Crippen LogP contribution in [0.25, 0.3) is 0 Å². The minimum absolute atomic E-state index is 0.359. The first-order valence-corrected chi connectivity index (χ1v) is 10.2. The predicted molar refractivity (Wildman–Crippen MR) is 107 cm³/mol. The average Bonchev–Trinajstić information content (AvgIpc) is 2.61. The van der Waals surface area contributed by atoms with E-state index in [1.807, 2.05) is 13.8 Å². The summed E-state index contributed by atoms with van der Waals surface area (Å²) in [7, 11) is -3.61. The number of nitrogens with zero attached hydrogens (tertiary/aromatic N) is 2. The highest BCUT2D eigenvalue weighted by Gasteiger charge is 2.20. The number of aryl methyl sites for hydroxylation is 1. The summed E-state index contributed by atoms with van der Waals surface area (Å²) < 4.78 is 30.4. The van der Waals surface area contributed by atoms with Crippen LogP contribution in [0.15, 0.2) is 53.6 Å². The molecule has 0 saturated carbocycles. The van der Waals surface area contributed by atoms with Crippen molar-refractivity contribution in [3.05, 3.63) is 59.7 Å². The molecule has 0 aliphatic carbocycles. The molecule has 0 aromatic heterocycles. The van der Waals surface area contributed by atoms with Crippen molar-refractivity contribution in [2.24, 2.45) is 5.10 Å². The molecule has 2 rings (SSSR count). The molecule has 0 saturated heterocycles. The quantitative estimate of drug-likeness (QED) is 0.554. The Morgan fingerprint density at radius 3 is 2.33 bits per heavy atom. The number of ether oxygens (including phenoxy) is 1. The molecule has 1 N–H and O–H groups in total. The minimum Gasteiger partial charge on any atom is -0.494 e. The zero-order valence-electron chi connectivity index (χ0n) is 15.5. The van der Waals surface area contributed by atoms with Crippen LogP contribution in [0.3, 0.4) is 0 Å². The third kappa shape index (κ3) is 6.41. The summed E-state index contributed by atoms with van der Waals surface area (Å²) in [5.74, 6) is 0.212. The number of hydrogen-bond acceptors (Lipinski definition) is 5. The summed E-state index contributed by atoms with van der Waals surface area (Å²) in [4.78, 5) is 12.1. The number of carbonyl (C=O) groups is 1. The van der Waals surface area contributed by atoms with Gasteiger partial charge in [-0.1, -0.05) is 17.7 Å². The number of rotatable bonds is 8. The topological polar surface area (TPSA) is 88.1 Å². The third-order valence-corrected chi connectivity index (χ3v) is 4.74. The van der Waals surface area contributed by atoms with Gasteiger partial charge in [-0.25, -0.2) is 13.8 Å². The van der Waals surface area contributed by atoms with Crippen LogP contribution in [0, 0.1) is 6.92 Å². The molecule has 0 heterocycles. The van der Waals surface area contributed by atoms with Crippen LogP contribution in [0.4, 0.5) is 5.69 Å². The van der Waals surface area contributed by atoms with Crippen LogP contribution in [-0.2, 0) is 14.8 Å². The minimum atomic E-state index is -3.61. The number of anilines is 1. The van der Waals surface area contributed by atoms with Crippen LogP contribution in [0.5, 0.6) is 5.75 Å². The van der Waals surface area contributed by atoms with E-state index in [1.54, 1.807) is 48.5 Å². The molecule has 1 amide bonds. The van der Waals surface area contributed by atoms with Gasteiger partial charge in [0.2, 0.25) is 10.0 Å². The Hall–Kier alpha value is -2.87. The Morgan fingerprint density at radius 1 is 1.15 bits per heavy atom. The third-order valence-electron chi connectivity index (χ3n) is 3.60. The maximum Gasteiger partial charge on any atom is 0.260 e. The largest absolute Gasteiger partial charge is 0.494 e. The highest BCUT2D eigenvalue weighted by atomic mass is 32.2. The van der Waals surface area contributed by atoms with Crippen molar-refractivity contribution in [3.8, 4) is 5.75 Å². The maximum absolute atomic E-state index is 12.1. The van der Waals surface area contributed by atoms with E-state index in [-0.39, 0.29) is 6.54 Å². The van der Waals surface area contributed by atoms with Gasteiger partial charge in [0.05, 0.1) is 24.8 Å². The predicted octanol–water partition coefficient (Wildman–Crippen LogP) is 2.31. The molecule has 2 aromatic rings. The molecule has 2 aromatic carbocycles. The molecule has 0 aliphatic heterocycles. The van der Waals surface area contributed by atoms with E-state index in [1.165, 1.54) is 6.21 Å². The lowest BCUT2D eigenvalue weighted by Crippen LogP contribution is -2.39. The standard InChI is InChI=1S/C19H23N3O4S/c1-4-26-18-11-7-16(8-12-18)13-20-21-19(23)14-22(27(3,24)25)17-9-5-15(2)6-10-17/h5-13H,4,14H2,1-3H3,(H,21,23)/b20-13-. The van der Waals surface area contributed by atoms with Crippen molar-refractivity contribution in [1.29, 1.82) is 0 Å². The summed E-state index contributed by atoms with van der Waals surface area (Å²) in [6, 6.07) is 14.1. The second kappa shape index (κ2) is 9.18. The molecule has 0 atom stereocenters. The van der Waals surface area contributed by atoms with Crippen molar-refractivity contribution in [2.75, 3.05) is 23.7 Å². The zero-order valence-corrected chi connectivity index (χ0v) is 16.4. The van der Waals surface area contributed by atoms with E-state index < -0.39 is 15.9 Å². The number of amides is 1. The lowest BCUT2D eigenvalue weighted by Gasteiger charge is -2.21. The van der Waals surface area contributed by atoms with Crippen LogP contribution in [-0.4, -0.2) is 39.9 Å². The van der Waals surface area contributed by atoms with Gasteiger partial charge in [0.25, 0.3) is 5.91 Å². The molecule has 0 aliphatic rings. The molecule has 7 nitrogen and oxygen atoms in total. The van der Waals surface area contributed by atoms with Gasteiger partial charge in [-0.3, -0.25) is 9.10 Å². The van der Waals surface area contributed by atoms with Crippen LogP contribution < -0.4 is 14.5 Å². The van der Waals surface area contributed by atoms with Gasteiger partial charge in [-0.15, -0.1) is 0 Å². The van der Waals surface area contributed by atoms with Gasteiger partial charge in [0.15, 0.2) is 0 Å². The molecular weight excluding hydrogens is 366 g/mol. The number of hydrazone groups is 1. The fraction of sp³-hybridized carbons (Fsp3) is 0.263. The fourth-order valence-corrected chi connectivity index (χ4v) is 3.13. The molecule has 0 bridgehead atoms. The van der Waals surface area contributed by atoms with E-state index >= 15 is 0 Å². The Bertz CT molecular complexity index is 892. The molecule has 0 unspecified atom stereocenters. The van der Waals surface area contributed by atoms with Crippen molar-refractivity contribution >= 4 is 27.8 Å². The lowest BCUT2D eigenvalue weighted by atomic mass is 10.2. The molecule has 0 spiro atoms. The highest BCUT2D eigenvalue weighted by molar-refractivity contribution is 7.92. The normalized spacial score (nSPS) is 11.4. The summed E-state index contributed by atoms with van der Waals surface area (Å²) >= 11 is 0. The van der Waals surface area contributed by atoms with Gasteiger partial charge in [-0.2, -0.15) is 5.10 Å². The number of sulfonamides is 1. The van der Waals surface area contributed by atoms with Crippen molar-refractivity contribution in [3.63, 3.8) is 0 Å². The van der Waals surface area contributed by atoms with Crippen molar-refractivity contribution in [2.45, 2.75) is 13.8 Å². The van der Waals surface area contributed by atoms with Gasteiger partial charge in [0.1, 0.15) is 12.3 Å². The molecule has 0 fully saturated rings. The molecule has 8 heteroatoms. The van der Waals surface area contributed by atoms with Gasteiger partial charge in [-0.05, 0) is 55.8 Å². The van der Waals surface area contributed by atoms with Crippen LogP contribution in [0.2, 0.25) is 0 Å². The first-order valence-electron chi connectivity index (χ1n) is 8.38. The number of hydrogen-bond donors (Lipinski definition) is 1. The van der Waals surface area contributed by atoms with Crippen molar-refractivity contribution in [1.82, 2.24) is 5.43 Å². The molecule has 27 heavy (non-hydrogen) atoms. The Balaban J connectivity index is 2.00. The molecule has 144 valence electrons. The smallest absolute Gasteiger partial charge is 0.260 e. The van der Waals surface area contributed by atoms with Gasteiger partial charge in [0, 0.05) is 0 Å². The number of carbonyl (C=O) groups excluding carboxylic acids is 1. The van der Waals surface area contributed by atoms with E-state index in [2.05, 4.69) is 10.5 Å². The Morgan fingerprint density at radius 2 is 1.78 bits per heavy atom. The second-order valence-electron chi connectivity index (χ2n) is 5.90. The summed E-state index contributed by atoms with van der Waals surface area (Å²) in [5, 5.41) is 3.87. The summed E-state index contributed by atoms with van der Waals surface area (Å²) in [6.07, 6.45) is 2.54. The first kappa shape index (κ1) is 20.4. The number of benzene rings is 2. The number of nitrogens with one attached hydrogen (secondary N) is 1. The second-order valence-corrected chi connectivity index (χ2v) is 7.81. The monoisotopic (exact) mass is 389 g/mol. The van der Waals surface area contributed by atoms with E-state index in [9.17, 15) is 13.2 Å². The Labute approximate surface area is 159 Å². The Kier molecular flexibility index (Phi) is 6.95. The lowest BCUT2D eigenvalue weighted by molar-refractivity contribution is -0.119. The van der Waals surface area contributed by atoms with E-state index in [0.717, 1.165) is 27.4 Å². The van der Waals surface area contributed by atoms with E-state index in [4.69, 9.17) is 4.74 Å². The molecular formula is C19H23N3O4S. The van der Waals surface area contributed by atoms with Gasteiger partial charge >= 0.3 is 0 Å². The summed E-state index contributed by atoms with van der Waals surface area (Å²) in [5.41, 5.74) is 4.54. The van der Waals surface area contributed by atoms with Crippen LogP contribution >= 0.6 is 0 Å². The zero-order chi connectivity index (χ0) is 19.9. The first-order chi connectivity index (χ1) is 12.8. The van der Waals surface area contributed by atoms with E-state index in [0.29, 0.717) is 12.3 Å². The molecule has 0 radical (unpaired) electrons. The fourth-order valence-electron chi connectivity index (χ4n) is 2.27. The maximum atomic E-state index is 12.1. The highest BCUT2D eigenvalue weighted by Crippen LogP contribution is 2.17. The summed E-state index contributed by atoms with van der Waals surface area (Å²) in [6.45, 7) is 4.03. The SMILES string of the molecule is CCOc1ccc(/C=N\NC(=O)CN(c2ccc(C)cc2)S(C)(=O)=O)cc1. The average molecular weight is 389 g/mol. The van der Waals surface area contributed by atoms with Crippen LogP contribution in [0.1, 0.15) is 18.1 Å². The van der Waals surface area contributed by atoms with Crippen molar-refractivity contribution < 1.29 is 17.9 Å². The van der Waals surface area contributed by atoms with Gasteiger partial charge < -0.3 is 4.74 Å².